The Kier molecular flexibility index (Phi) is 6.13. The number of carbonyl (C=O) groups is 1. The standard InChI is InChI=1S/C10H19ClO2/c1-10(2,3)13-9(12)7-5-4-6-8-11/h4-8H2,1-3H3. The van der Waals surface area contributed by atoms with E-state index in [-0.39, 0.29) is 11.6 Å². The Labute approximate surface area is 85.6 Å². The van der Waals surface area contributed by atoms with Crippen LogP contribution in [0.15, 0.2) is 0 Å². The second-order valence-electron chi connectivity index (χ2n) is 4.09. The average Bonchev–Trinajstić information content (AvgIpc) is 1.94. The Morgan fingerprint density at radius 1 is 1.23 bits per heavy atom. The quantitative estimate of drug-likeness (QED) is 0.393. The molecule has 0 heterocycles. The van der Waals surface area contributed by atoms with Crippen LogP contribution in [0.25, 0.3) is 0 Å². The molecule has 0 aromatic rings. The second-order valence-corrected chi connectivity index (χ2v) is 4.46. The summed E-state index contributed by atoms with van der Waals surface area (Å²) in [5.74, 6) is 0.566. The topological polar surface area (TPSA) is 26.3 Å². The number of halogens is 1. The molecule has 3 heteroatoms. The van der Waals surface area contributed by atoms with E-state index in [1.807, 2.05) is 20.8 Å². The van der Waals surface area contributed by atoms with Gasteiger partial charge in [-0.3, -0.25) is 4.79 Å². The highest BCUT2D eigenvalue weighted by Gasteiger charge is 2.15. The molecule has 2 nitrogen and oxygen atoms in total. The maximum atomic E-state index is 11.2. The lowest BCUT2D eigenvalue weighted by atomic mass is 10.2. The van der Waals surface area contributed by atoms with E-state index >= 15 is 0 Å². The predicted octanol–water partition coefficient (Wildman–Crippen LogP) is 3.13. The summed E-state index contributed by atoms with van der Waals surface area (Å²) in [6.07, 6.45) is 3.36. The first kappa shape index (κ1) is 12.8. The van der Waals surface area contributed by atoms with E-state index in [9.17, 15) is 4.79 Å². The molecule has 0 spiro atoms. The minimum Gasteiger partial charge on any atom is -0.460 e. The first-order valence-corrected chi connectivity index (χ1v) is 5.27. The van der Waals surface area contributed by atoms with Gasteiger partial charge in [-0.2, -0.15) is 0 Å². The summed E-state index contributed by atoms with van der Waals surface area (Å²) in [5.41, 5.74) is -0.358. The van der Waals surface area contributed by atoms with Crippen molar-refractivity contribution in [1.29, 1.82) is 0 Å². The molecule has 0 radical (unpaired) electrons. The monoisotopic (exact) mass is 206 g/mol. The van der Waals surface area contributed by atoms with Crippen molar-refractivity contribution in [2.45, 2.75) is 52.1 Å². The SMILES string of the molecule is CC(C)(C)OC(=O)CCCCCCl. The van der Waals surface area contributed by atoms with Crippen LogP contribution in [-0.2, 0) is 9.53 Å². The Morgan fingerprint density at radius 2 is 1.85 bits per heavy atom. The van der Waals surface area contributed by atoms with Crippen LogP contribution in [0.1, 0.15) is 46.5 Å². The molecule has 0 bridgehead atoms. The molecule has 0 saturated carbocycles. The van der Waals surface area contributed by atoms with Crippen LogP contribution < -0.4 is 0 Å². The smallest absolute Gasteiger partial charge is 0.306 e. The van der Waals surface area contributed by atoms with E-state index in [2.05, 4.69) is 0 Å². The van der Waals surface area contributed by atoms with Crippen LogP contribution in [-0.4, -0.2) is 17.5 Å². The van der Waals surface area contributed by atoms with Crippen molar-refractivity contribution in [3.63, 3.8) is 0 Å². The summed E-state index contributed by atoms with van der Waals surface area (Å²) in [6.45, 7) is 5.64. The molecule has 0 rings (SSSR count). The molecule has 0 amide bonds. The minimum absolute atomic E-state index is 0.109. The minimum atomic E-state index is -0.358. The molecule has 0 aromatic heterocycles. The van der Waals surface area contributed by atoms with Crippen LogP contribution in [0.4, 0.5) is 0 Å². The number of hydrogen-bond acceptors (Lipinski definition) is 2. The molecular weight excluding hydrogens is 188 g/mol. The Morgan fingerprint density at radius 3 is 2.31 bits per heavy atom. The molecule has 0 unspecified atom stereocenters. The van der Waals surface area contributed by atoms with E-state index in [1.54, 1.807) is 0 Å². The maximum Gasteiger partial charge on any atom is 0.306 e. The third-order valence-electron chi connectivity index (χ3n) is 1.43. The van der Waals surface area contributed by atoms with Gasteiger partial charge in [-0.25, -0.2) is 0 Å². The van der Waals surface area contributed by atoms with Gasteiger partial charge in [0.15, 0.2) is 0 Å². The number of ether oxygens (including phenoxy) is 1. The van der Waals surface area contributed by atoms with E-state index in [0.29, 0.717) is 12.3 Å². The van der Waals surface area contributed by atoms with Gasteiger partial charge in [-0.15, -0.1) is 11.6 Å². The maximum absolute atomic E-state index is 11.2. The number of esters is 1. The third-order valence-corrected chi connectivity index (χ3v) is 1.70. The van der Waals surface area contributed by atoms with Crippen molar-refractivity contribution in [1.82, 2.24) is 0 Å². The van der Waals surface area contributed by atoms with Gasteiger partial charge in [-0.05, 0) is 33.6 Å². The fraction of sp³-hybridized carbons (Fsp3) is 0.900. The first-order valence-electron chi connectivity index (χ1n) is 4.73. The van der Waals surface area contributed by atoms with E-state index < -0.39 is 0 Å². The number of unbranched alkanes of at least 4 members (excludes halogenated alkanes) is 2. The van der Waals surface area contributed by atoms with E-state index in [1.165, 1.54) is 0 Å². The van der Waals surface area contributed by atoms with Crippen LogP contribution in [0.3, 0.4) is 0 Å². The van der Waals surface area contributed by atoms with Crippen molar-refractivity contribution in [2.75, 3.05) is 5.88 Å². The lowest BCUT2D eigenvalue weighted by molar-refractivity contribution is -0.154. The van der Waals surface area contributed by atoms with Crippen LogP contribution in [0.2, 0.25) is 0 Å². The zero-order valence-corrected chi connectivity index (χ0v) is 9.49. The molecule has 13 heavy (non-hydrogen) atoms. The lowest BCUT2D eigenvalue weighted by Crippen LogP contribution is -2.23. The molecule has 78 valence electrons. The van der Waals surface area contributed by atoms with E-state index in [4.69, 9.17) is 16.3 Å². The van der Waals surface area contributed by atoms with Gasteiger partial charge in [0, 0.05) is 12.3 Å². The van der Waals surface area contributed by atoms with Crippen LogP contribution in [0.5, 0.6) is 0 Å². The van der Waals surface area contributed by atoms with Gasteiger partial charge in [0.25, 0.3) is 0 Å². The lowest BCUT2D eigenvalue weighted by Gasteiger charge is -2.19. The highest BCUT2D eigenvalue weighted by Crippen LogP contribution is 2.10. The summed E-state index contributed by atoms with van der Waals surface area (Å²) >= 11 is 5.51. The molecule has 0 aliphatic carbocycles. The van der Waals surface area contributed by atoms with Gasteiger partial charge < -0.3 is 4.74 Å². The summed E-state index contributed by atoms with van der Waals surface area (Å²) in [4.78, 5) is 11.2. The first-order chi connectivity index (χ1) is 5.95. The zero-order valence-electron chi connectivity index (χ0n) is 8.73. The Balaban J connectivity index is 3.41. The van der Waals surface area contributed by atoms with Crippen molar-refractivity contribution >= 4 is 17.6 Å². The molecule has 0 N–H and O–H groups in total. The molecule has 0 aliphatic rings. The second kappa shape index (κ2) is 6.25. The van der Waals surface area contributed by atoms with Gasteiger partial charge in [0.2, 0.25) is 0 Å². The van der Waals surface area contributed by atoms with Crippen molar-refractivity contribution < 1.29 is 9.53 Å². The number of rotatable bonds is 5. The largest absolute Gasteiger partial charge is 0.460 e. The summed E-state index contributed by atoms with van der Waals surface area (Å²) in [6, 6.07) is 0. The normalized spacial score (nSPS) is 11.4. The van der Waals surface area contributed by atoms with Gasteiger partial charge >= 0.3 is 5.97 Å². The fourth-order valence-electron chi connectivity index (χ4n) is 0.933. The number of hydrogen-bond donors (Lipinski definition) is 0. The molecule has 0 aromatic carbocycles. The van der Waals surface area contributed by atoms with Gasteiger partial charge in [0.1, 0.15) is 5.60 Å². The number of alkyl halides is 1. The number of carbonyl (C=O) groups excluding carboxylic acids is 1. The third kappa shape index (κ3) is 9.68. The predicted molar refractivity (Wildman–Crippen MR) is 55.0 cm³/mol. The van der Waals surface area contributed by atoms with E-state index in [0.717, 1.165) is 19.3 Å². The Hall–Kier alpha value is -0.240. The molecular formula is C10H19ClO2. The van der Waals surface area contributed by atoms with Gasteiger partial charge in [-0.1, -0.05) is 6.42 Å². The molecule has 0 fully saturated rings. The van der Waals surface area contributed by atoms with Crippen molar-refractivity contribution in [3.05, 3.63) is 0 Å². The van der Waals surface area contributed by atoms with Gasteiger partial charge in [0.05, 0.1) is 0 Å². The zero-order chi connectivity index (χ0) is 10.3. The molecule has 0 atom stereocenters. The van der Waals surface area contributed by atoms with Crippen LogP contribution in [0, 0.1) is 0 Å². The van der Waals surface area contributed by atoms with Crippen molar-refractivity contribution in [3.8, 4) is 0 Å². The molecule has 0 saturated heterocycles. The highest BCUT2D eigenvalue weighted by molar-refractivity contribution is 6.17. The average molecular weight is 207 g/mol. The summed E-state index contributed by atoms with van der Waals surface area (Å²) in [5, 5.41) is 0. The fourth-order valence-corrected chi connectivity index (χ4v) is 1.12. The highest BCUT2D eigenvalue weighted by atomic mass is 35.5. The molecule has 0 aliphatic heterocycles. The Bertz CT molecular complexity index is 149. The van der Waals surface area contributed by atoms with Crippen molar-refractivity contribution in [2.24, 2.45) is 0 Å². The summed E-state index contributed by atoms with van der Waals surface area (Å²) in [7, 11) is 0. The van der Waals surface area contributed by atoms with Crippen LogP contribution >= 0.6 is 11.6 Å². The summed E-state index contributed by atoms with van der Waals surface area (Å²) < 4.78 is 5.15.